The summed E-state index contributed by atoms with van der Waals surface area (Å²) in [5.41, 5.74) is 3.44. The van der Waals surface area contributed by atoms with Crippen LogP contribution in [0, 0.1) is 0 Å². The van der Waals surface area contributed by atoms with Gasteiger partial charge in [-0.2, -0.15) is 0 Å². The summed E-state index contributed by atoms with van der Waals surface area (Å²) in [6.07, 6.45) is 15.9. The van der Waals surface area contributed by atoms with Crippen LogP contribution in [0.2, 0.25) is 0 Å². The highest BCUT2D eigenvalue weighted by Gasteiger charge is 1.94. The highest BCUT2D eigenvalue weighted by molar-refractivity contribution is 5.56. The first-order chi connectivity index (χ1) is 14.3. The second-order valence-corrected chi connectivity index (χ2v) is 6.71. The molecule has 0 aromatic heterocycles. The molecule has 0 aliphatic rings. The van der Waals surface area contributed by atoms with E-state index in [0.717, 1.165) is 30.0 Å². The van der Waals surface area contributed by atoms with Crippen molar-refractivity contribution in [3.05, 3.63) is 84.0 Å². The Morgan fingerprint density at radius 3 is 1.93 bits per heavy atom. The summed E-state index contributed by atoms with van der Waals surface area (Å²) >= 11 is 0. The summed E-state index contributed by atoms with van der Waals surface area (Å²) in [5, 5.41) is 3.12. The van der Waals surface area contributed by atoms with E-state index in [9.17, 15) is 0 Å². The molecule has 29 heavy (non-hydrogen) atoms. The molecule has 1 N–H and O–H groups in total. The van der Waals surface area contributed by atoms with Crippen LogP contribution in [0.3, 0.4) is 0 Å². The summed E-state index contributed by atoms with van der Waals surface area (Å²) < 4.78 is 11.3. The summed E-state index contributed by atoms with van der Waals surface area (Å²) in [6, 6.07) is 16.4. The molecule has 3 heteroatoms. The van der Waals surface area contributed by atoms with E-state index in [2.05, 4.69) is 60.8 Å². The van der Waals surface area contributed by atoms with Crippen LogP contribution in [0.5, 0.6) is 5.75 Å². The average molecular weight is 392 g/mol. The molecule has 0 saturated heterocycles. The standard InChI is InChI=1S/C26H33NO2/c1-3-4-9-20-28-21-22-29-26-18-14-24(15-19-26)11-8-6-5-7-10-23-12-16-25(27-2)17-13-23/h5-8,10-19,27H,3-4,9,20-22H2,1-2H3/b6-5+,10-7+,11-8+. The zero-order valence-electron chi connectivity index (χ0n) is 17.6. The summed E-state index contributed by atoms with van der Waals surface area (Å²) in [4.78, 5) is 0. The predicted octanol–water partition coefficient (Wildman–Crippen LogP) is 6.60. The predicted molar refractivity (Wildman–Crippen MR) is 125 cm³/mol. The van der Waals surface area contributed by atoms with Gasteiger partial charge in [0.25, 0.3) is 0 Å². The van der Waals surface area contributed by atoms with E-state index < -0.39 is 0 Å². The number of unbranched alkanes of at least 4 members (excludes halogenated alkanes) is 2. The van der Waals surface area contributed by atoms with Crippen molar-refractivity contribution in [3.8, 4) is 5.75 Å². The smallest absolute Gasteiger partial charge is 0.119 e. The molecule has 0 atom stereocenters. The van der Waals surface area contributed by atoms with Crippen LogP contribution in [-0.2, 0) is 4.74 Å². The first kappa shape index (κ1) is 22.5. The Balaban J connectivity index is 1.66. The van der Waals surface area contributed by atoms with E-state index >= 15 is 0 Å². The van der Waals surface area contributed by atoms with E-state index in [-0.39, 0.29) is 0 Å². The van der Waals surface area contributed by atoms with Crippen molar-refractivity contribution in [2.45, 2.75) is 26.2 Å². The van der Waals surface area contributed by atoms with Crippen molar-refractivity contribution in [2.75, 3.05) is 32.2 Å². The van der Waals surface area contributed by atoms with Crippen LogP contribution in [0.25, 0.3) is 12.2 Å². The molecule has 0 aliphatic carbocycles. The number of benzene rings is 2. The van der Waals surface area contributed by atoms with Crippen molar-refractivity contribution in [3.63, 3.8) is 0 Å². The third-order valence-electron chi connectivity index (χ3n) is 4.38. The van der Waals surface area contributed by atoms with Gasteiger partial charge < -0.3 is 14.8 Å². The van der Waals surface area contributed by atoms with Crippen LogP contribution in [0.15, 0.2) is 72.8 Å². The number of nitrogens with one attached hydrogen (secondary N) is 1. The second-order valence-electron chi connectivity index (χ2n) is 6.71. The Kier molecular flexibility index (Phi) is 11.1. The SMILES string of the molecule is CCCCCOCCOc1ccc(/C=C/C=C/C=C/c2ccc(NC)cc2)cc1. The minimum absolute atomic E-state index is 0.591. The average Bonchev–Trinajstić information content (AvgIpc) is 2.77. The maximum Gasteiger partial charge on any atom is 0.119 e. The largest absolute Gasteiger partial charge is 0.491 e. The number of rotatable bonds is 13. The fraction of sp³-hybridized carbons (Fsp3) is 0.308. The maximum absolute atomic E-state index is 5.71. The minimum Gasteiger partial charge on any atom is -0.491 e. The highest BCUT2D eigenvalue weighted by atomic mass is 16.5. The minimum atomic E-state index is 0.591. The number of ether oxygens (including phenoxy) is 2. The van der Waals surface area contributed by atoms with E-state index in [0.29, 0.717) is 13.2 Å². The molecule has 0 amide bonds. The lowest BCUT2D eigenvalue weighted by Crippen LogP contribution is -2.07. The fourth-order valence-corrected chi connectivity index (χ4v) is 2.67. The Bertz CT molecular complexity index is 758. The molecule has 0 unspecified atom stereocenters. The topological polar surface area (TPSA) is 30.5 Å². The lowest BCUT2D eigenvalue weighted by atomic mass is 10.2. The van der Waals surface area contributed by atoms with Crippen LogP contribution >= 0.6 is 0 Å². The Morgan fingerprint density at radius 2 is 1.34 bits per heavy atom. The van der Waals surface area contributed by atoms with E-state index in [4.69, 9.17) is 9.47 Å². The summed E-state index contributed by atoms with van der Waals surface area (Å²) in [7, 11) is 1.92. The quantitative estimate of drug-likeness (QED) is 0.308. The molecule has 2 rings (SSSR count). The normalized spacial score (nSPS) is 11.7. The van der Waals surface area contributed by atoms with Crippen LogP contribution < -0.4 is 10.1 Å². The third-order valence-corrected chi connectivity index (χ3v) is 4.38. The molecule has 2 aromatic rings. The maximum atomic E-state index is 5.71. The summed E-state index contributed by atoms with van der Waals surface area (Å²) in [5.74, 6) is 0.877. The van der Waals surface area contributed by atoms with Crippen LogP contribution in [0.1, 0.15) is 37.3 Å². The number of allylic oxidation sites excluding steroid dienone is 4. The molecular weight excluding hydrogens is 358 g/mol. The van der Waals surface area contributed by atoms with Crippen LogP contribution in [-0.4, -0.2) is 26.9 Å². The molecule has 0 bridgehead atoms. The Labute approximate surface area is 175 Å². The van der Waals surface area contributed by atoms with Gasteiger partial charge in [-0.25, -0.2) is 0 Å². The van der Waals surface area contributed by atoms with Crippen molar-refractivity contribution in [1.29, 1.82) is 0 Å². The van der Waals surface area contributed by atoms with Crippen molar-refractivity contribution < 1.29 is 9.47 Å². The second kappa shape index (κ2) is 14.3. The van der Waals surface area contributed by atoms with Gasteiger partial charge in [-0.3, -0.25) is 0 Å². The van der Waals surface area contributed by atoms with Crippen LogP contribution in [0.4, 0.5) is 5.69 Å². The van der Waals surface area contributed by atoms with Gasteiger partial charge >= 0.3 is 0 Å². The number of anilines is 1. The van der Waals surface area contributed by atoms with Gasteiger partial charge in [-0.1, -0.05) is 80.5 Å². The number of hydrogen-bond acceptors (Lipinski definition) is 3. The molecule has 2 aromatic carbocycles. The summed E-state index contributed by atoms with van der Waals surface area (Å²) in [6.45, 7) is 4.25. The van der Waals surface area contributed by atoms with Gasteiger partial charge in [0.2, 0.25) is 0 Å². The molecule has 154 valence electrons. The number of hydrogen-bond donors (Lipinski definition) is 1. The van der Waals surface area contributed by atoms with E-state index in [1.807, 2.05) is 43.5 Å². The zero-order chi connectivity index (χ0) is 20.6. The van der Waals surface area contributed by atoms with E-state index in [1.165, 1.54) is 18.4 Å². The fourth-order valence-electron chi connectivity index (χ4n) is 2.67. The first-order valence-electron chi connectivity index (χ1n) is 10.4. The van der Waals surface area contributed by atoms with Gasteiger partial charge in [0.15, 0.2) is 0 Å². The molecule has 0 saturated carbocycles. The van der Waals surface area contributed by atoms with Crippen molar-refractivity contribution >= 4 is 17.8 Å². The molecule has 0 spiro atoms. The highest BCUT2D eigenvalue weighted by Crippen LogP contribution is 2.13. The van der Waals surface area contributed by atoms with Gasteiger partial charge in [-0.05, 0) is 41.8 Å². The van der Waals surface area contributed by atoms with Crippen molar-refractivity contribution in [1.82, 2.24) is 0 Å². The van der Waals surface area contributed by atoms with Gasteiger partial charge in [0, 0.05) is 19.3 Å². The lowest BCUT2D eigenvalue weighted by molar-refractivity contribution is 0.0973. The molecule has 0 fully saturated rings. The van der Waals surface area contributed by atoms with Crippen molar-refractivity contribution in [2.24, 2.45) is 0 Å². The molecule has 3 nitrogen and oxygen atoms in total. The Morgan fingerprint density at radius 1 is 0.724 bits per heavy atom. The molecule has 0 radical (unpaired) electrons. The van der Waals surface area contributed by atoms with E-state index in [1.54, 1.807) is 0 Å². The van der Waals surface area contributed by atoms with Gasteiger partial charge in [0.1, 0.15) is 12.4 Å². The monoisotopic (exact) mass is 391 g/mol. The van der Waals surface area contributed by atoms with Gasteiger partial charge in [0.05, 0.1) is 6.61 Å². The molecule has 0 aliphatic heterocycles. The Hall–Kier alpha value is -2.78. The molecule has 0 heterocycles. The zero-order valence-corrected chi connectivity index (χ0v) is 17.6. The lowest BCUT2D eigenvalue weighted by Gasteiger charge is -2.07. The first-order valence-corrected chi connectivity index (χ1v) is 10.4. The third kappa shape index (κ3) is 9.82. The van der Waals surface area contributed by atoms with Gasteiger partial charge in [-0.15, -0.1) is 0 Å². The molecular formula is C26H33NO2.